The van der Waals surface area contributed by atoms with Crippen LogP contribution in [0.1, 0.15) is 11.1 Å². The standard InChI is InChI=1S/C14H12F3NO/c15-14(16,17)12-6-8-13(9-7-12)19-18-10-11-4-2-1-3-5-11/h1-9,18H,10H2. The summed E-state index contributed by atoms with van der Waals surface area (Å²) in [5, 5.41) is 0. The Bertz CT molecular complexity index is 508. The van der Waals surface area contributed by atoms with Crippen molar-refractivity contribution in [2.24, 2.45) is 0 Å². The molecule has 0 bridgehead atoms. The van der Waals surface area contributed by atoms with Crippen LogP contribution in [0.15, 0.2) is 54.6 Å². The molecule has 5 heteroatoms. The van der Waals surface area contributed by atoms with Crippen molar-refractivity contribution in [3.8, 4) is 5.75 Å². The largest absolute Gasteiger partial charge is 0.416 e. The highest BCUT2D eigenvalue weighted by Gasteiger charge is 2.29. The van der Waals surface area contributed by atoms with E-state index in [1.165, 1.54) is 12.1 Å². The zero-order valence-corrected chi connectivity index (χ0v) is 9.95. The Kier molecular flexibility index (Phi) is 4.06. The quantitative estimate of drug-likeness (QED) is 0.851. The van der Waals surface area contributed by atoms with Crippen LogP contribution in [0.4, 0.5) is 13.2 Å². The Morgan fingerprint density at radius 2 is 1.53 bits per heavy atom. The lowest BCUT2D eigenvalue weighted by atomic mass is 10.2. The predicted molar refractivity (Wildman–Crippen MR) is 65.4 cm³/mol. The van der Waals surface area contributed by atoms with E-state index in [9.17, 15) is 13.2 Å². The van der Waals surface area contributed by atoms with E-state index in [0.717, 1.165) is 17.7 Å². The fourth-order valence-corrected chi connectivity index (χ4v) is 1.51. The lowest BCUT2D eigenvalue weighted by molar-refractivity contribution is -0.137. The molecule has 0 saturated carbocycles. The third-order valence-electron chi connectivity index (χ3n) is 2.49. The fourth-order valence-electron chi connectivity index (χ4n) is 1.51. The summed E-state index contributed by atoms with van der Waals surface area (Å²) in [5.41, 5.74) is 3.03. The summed E-state index contributed by atoms with van der Waals surface area (Å²) in [6.07, 6.45) is -4.32. The number of halogens is 3. The highest BCUT2D eigenvalue weighted by molar-refractivity contribution is 5.28. The van der Waals surface area contributed by atoms with Crippen molar-refractivity contribution in [2.75, 3.05) is 0 Å². The van der Waals surface area contributed by atoms with Gasteiger partial charge in [-0.2, -0.15) is 18.7 Å². The van der Waals surface area contributed by atoms with Crippen LogP contribution in [0.2, 0.25) is 0 Å². The molecule has 19 heavy (non-hydrogen) atoms. The molecule has 0 unspecified atom stereocenters. The van der Waals surface area contributed by atoms with Crippen molar-refractivity contribution in [3.63, 3.8) is 0 Å². The van der Waals surface area contributed by atoms with E-state index >= 15 is 0 Å². The Morgan fingerprint density at radius 1 is 0.895 bits per heavy atom. The summed E-state index contributed by atoms with van der Waals surface area (Å²) in [6.45, 7) is 0.474. The van der Waals surface area contributed by atoms with Crippen LogP contribution in [0.25, 0.3) is 0 Å². The van der Waals surface area contributed by atoms with E-state index in [2.05, 4.69) is 5.48 Å². The summed E-state index contributed by atoms with van der Waals surface area (Å²) in [7, 11) is 0. The second-order valence-electron chi connectivity index (χ2n) is 3.93. The average Bonchev–Trinajstić information content (AvgIpc) is 2.39. The first-order valence-electron chi connectivity index (χ1n) is 5.66. The minimum absolute atomic E-state index is 0.337. The maximum atomic E-state index is 12.3. The van der Waals surface area contributed by atoms with Gasteiger partial charge in [0.2, 0.25) is 0 Å². The van der Waals surface area contributed by atoms with Gasteiger partial charge in [-0.15, -0.1) is 0 Å². The molecule has 2 aromatic rings. The summed E-state index contributed by atoms with van der Waals surface area (Å²) in [5.74, 6) is 0.337. The SMILES string of the molecule is FC(F)(F)c1ccc(ONCc2ccccc2)cc1. The molecule has 0 aromatic heterocycles. The molecular weight excluding hydrogens is 255 g/mol. The van der Waals surface area contributed by atoms with Gasteiger partial charge in [-0.3, -0.25) is 0 Å². The molecule has 0 heterocycles. The predicted octanol–water partition coefficient (Wildman–Crippen LogP) is 3.79. The van der Waals surface area contributed by atoms with Crippen LogP contribution in [0.3, 0.4) is 0 Å². The zero-order chi connectivity index (χ0) is 13.7. The second kappa shape index (κ2) is 5.75. The number of hydrogen-bond donors (Lipinski definition) is 1. The Balaban J connectivity index is 1.87. The van der Waals surface area contributed by atoms with Crippen LogP contribution in [0.5, 0.6) is 5.75 Å². The maximum absolute atomic E-state index is 12.3. The molecule has 0 spiro atoms. The highest BCUT2D eigenvalue weighted by atomic mass is 19.4. The molecule has 0 atom stereocenters. The second-order valence-corrected chi connectivity index (χ2v) is 3.93. The average molecular weight is 267 g/mol. The van der Waals surface area contributed by atoms with Crippen molar-refractivity contribution in [1.29, 1.82) is 0 Å². The van der Waals surface area contributed by atoms with Crippen LogP contribution in [-0.4, -0.2) is 0 Å². The van der Waals surface area contributed by atoms with Crippen LogP contribution in [-0.2, 0) is 12.7 Å². The Hall–Kier alpha value is -2.01. The molecule has 100 valence electrons. The molecule has 2 rings (SSSR count). The minimum Gasteiger partial charge on any atom is -0.408 e. The van der Waals surface area contributed by atoms with Crippen molar-refractivity contribution in [3.05, 3.63) is 65.7 Å². The third kappa shape index (κ3) is 3.99. The number of rotatable bonds is 4. The summed E-state index contributed by atoms with van der Waals surface area (Å²) < 4.78 is 37.0. The van der Waals surface area contributed by atoms with Crippen molar-refractivity contribution >= 4 is 0 Å². The van der Waals surface area contributed by atoms with E-state index in [1.54, 1.807) is 0 Å². The van der Waals surface area contributed by atoms with Crippen LogP contribution in [0, 0.1) is 0 Å². The Labute approximate surface area is 108 Å². The smallest absolute Gasteiger partial charge is 0.408 e. The van der Waals surface area contributed by atoms with E-state index in [-0.39, 0.29) is 0 Å². The molecule has 2 aromatic carbocycles. The first kappa shape index (κ1) is 13.4. The molecule has 0 radical (unpaired) electrons. The van der Waals surface area contributed by atoms with Gasteiger partial charge in [0.1, 0.15) is 5.75 Å². The van der Waals surface area contributed by atoms with Gasteiger partial charge in [0.15, 0.2) is 0 Å². The molecule has 0 aliphatic carbocycles. The van der Waals surface area contributed by atoms with Crippen LogP contribution < -0.4 is 10.3 Å². The summed E-state index contributed by atoms with van der Waals surface area (Å²) in [6, 6.07) is 14.1. The molecule has 0 saturated heterocycles. The third-order valence-corrected chi connectivity index (χ3v) is 2.49. The monoisotopic (exact) mass is 267 g/mol. The van der Waals surface area contributed by atoms with E-state index in [1.807, 2.05) is 30.3 Å². The fraction of sp³-hybridized carbons (Fsp3) is 0.143. The van der Waals surface area contributed by atoms with Gasteiger partial charge in [0, 0.05) is 0 Å². The normalized spacial score (nSPS) is 11.3. The first-order valence-corrected chi connectivity index (χ1v) is 5.66. The first-order chi connectivity index (χ1) is 9.05. The molecule has 0 aliphatic rings. The van der Waals surface area contributed by atoms with Crippen molar-refractivity contribution < 1.29 is 18.0 Å². The van der Waals surface area contributed by atoms with E-state index in [4.69, 9.17) is 4.84 Å². The van der Waals surface area contributed by atoms with E-state index < -0.39 is 11.7 Å². The number of hydroxylamine groups is 1. The Morgan fingerprint density at radius 3 is 2.11 bits per heavy atom. The molecule has 0 fully saturated rings. The van der Waals surface area contributed by atoms with Gasteiger partial charge in [-0.05, 0) is 29.8 Å². The van der Waals surface area contributed by atoms with Crippen molar-refractivity contribution in [2.45, 2.75) is 12.7 Å². The maximum Gasteiger partial charge on any atom is 0.416 e. The number of hydrogen-bond acceptors (Lipinski definition) is 2. The molecule has 1 N–H and O–H groups in total. The molecule has 0 amide bonds. The number of benzene rings is 2. The van der Waals surface area contributed by atoms with Gasteiger partial charge in [0.05, 0.1) is 12.1 Å². The lowest BCUT2D eigenvalue weighted by Gasteiger charge is -2.09. The number of alkyl halides is 3. The van der Waals surface area contributed by atoms with Gasteiger partial charge >= 0.3 is 6.18 Å². The number of nitrogens with one attached hydrogen (secondary N) is 1. The zero-order valence-electron chi connectivity index (χ0n) is 9.95. The van der Waals surface area contributed by atoms with Gasteiger partial charge in [-0.1, -0.05) is 30.3 Å². The highest BCUT2D eigenvalue weighted by Crippen LogP contribution is 2.30. The molecule has 2 nitrogen and oxygen atoms in total. The summed E-state index contributed by atoms with van der Waals surface area (Å²) in [4.78, 5) is 5.16. The summed E-state index contributed by atoms with van der Waals surface area (Å²) >= 11 is 0. The minimum atomic E-state index is -4.32. The lowest BCUT2D eigenvalue weighted by Crippen LogP contribution is -2.17. The van der Waals surface area contributed by atoms with Crippen molar-refractivity contribution in [1.82, 2.24) is 5.48 Å². The van der Waals surface area contributed by atoms with E-state index in [0.29, 0.717) is 12.3 Å². The topological polar surface area (TPSA) is 21.3 Å². The van der Waals surface area contributed by atoms with Gasteiger partial charge in [0.25, 0.3) is 0 Å². The van der Waals surface area contributed by atoms with Crippen LogP contribution >= 0.6 is 0 Å². The van der Waals surface area contributed by atoms with Gasteiger partial charge < -0.3 is 4.84 Å². The molecule has 0 aliphatic heterocycles. The van der Waals surface area contributed by atoms with Gasteiger partial charge in [-0.25, -0.2) is 0 Å². The molecular formula is C14H12F3NO.